The molecule has 0 radical (unpaired) electrons. The summed E-state index contributed by atoms with van der Waals surface area (Å²) in [5.74, 6) is 0. The van der Waals surface area contributed by atoms with E-state index in [1.54, 1.807) is 0 Å². The van der Waals surface area contributed by atoms with Crippen LogP contribution in [-0.4, -0.2) is 36.1 Å². The molecule has 0 saturated carbocycles. The van der Waals surface area contributed by atoms with Gasteiger partial charge in [0.25, 0.3) is 0 Å². The molecule has 0 amide bonds. The lowest BCUT2D eigenvalue weighted by atomic mass is 9.96. The first-order valence-corrected chi connectivity index (χ1v) is 8.19. The molecule has 1 unspecified atom stereocenters. The smallest absolute Gasteiger partial charge is 0.0779 e. The Balaban J connectivity index is 2.03. The molecule has 0 bridgehead atoms. The number of benzene rings is 1. The maximum absolute atomic E-state index is 4.83. The lowest BCUT2D eigenvalue weighted by molar-refractivity contribution is 0.236. The molecule has 1 aliphatic heterocycles. The molecular formula is C19H25N3. The maximum Gasteiger partial charge on any atom is 0.0779 e. The van der Waals surface area contributed by atoms with Crippen LogP contribution in [0.25, 0.3) is 0 Å². The summed E-state index contributed by atoms with van der Waals surface area (Å²) in [5, 5.41) is 3.50. The van der Waals surface area contributed by atoms with Gasteiger partial charge in [0.05, 0.1) is 11.7 Å². The van der Waals surface area contributed by atoms with Crippen molar-refractivity contribution in [2.24, 2.45) is 0 Å². The first kappa shape index (κ1) is 15.2. The van der Waals surface area contributed by atoms with Crippen LogP contribution >= 0.6 is 0 Å². The van der Waals surface area contributed by atoms with Gasteiger partial charge in [-0.15, -0.1) is 0 Å². The Morgan fingerprint density at radius 1 is 1.00 bits per heavy atom. The van der Waals surface area contributed by atoms with E-state index in [0.717, 1.165) is 37.6 Å². The molecule has 2 aromatic rings. The summed E-state index contributed by atoms with van der Waals surface area (Å²) in [6.07, 6.45) is 1.19. The van der Waals surface area contributed by atoms with Gasteiger partial charge in [-0.25, -0.2) is 0 Å². The predicted molar refractivity (Wildman–Crippen MR) is 91.1 cm³/mol. The molecule has 0 aliphatic carbocycles. The third-order valence-electron chi connectivity index (χ3n) is 4.41. The Morgan fingerprint density at radius 2 is 1.86 bits per heavy atom. The highest BCUT2D eigenvalue weighted by Gasteiger charge is 2.25. The van der Waals surface area contributed by atoms with E-state index in [4.69, 9.17) is 4.98 Å². The molecule has 3 rings (SSSR count). The van der Waals surface area contributed by atoms with Gasteiger partial charge in [-0.2, -0.15) is 0 Å². The van der Waals surface area contributed by atoms with Gasteiger partial charge in [-0.05, 0) is 50.1 Å². The molecular weight excluding hydrogens is 270 g/mol. The van der Waals surface area contributed by atoms with Crippen molar-refractivity contribution in [1.29, 1.82) is 0 Å². The fourth-order valence-electron chi connectivity index (χ4n) is 3.28. The van der Waals surface area contributed by atoms with Crippen molar-refractivity contribution in [3.63, 3.8) is 0 Å². The predicted octanol–water partition coefficient (Wildman–Crippen LogP) is 3.08. The largest absolute Gasteiger partial charge is 0.315 e. The van der Waals surface area contributed by atoms with E-state index in [1.165, 1.54) is 17.5 Å². The minimum Gasteiger partial charge on any atom is -0.315 e. The van der Waals surface area contributed by atoms with Crippen molar-refractivity contribution >= 4 is 0 Å². The summed E-state index contributed by atoms with van der Waals surface area (Å²) < 4.78 is 0. The van der Waals surface area contributed by atoms with E-state index in [-0.39, 0.29) is 6.04 Å². The summed E-state index contributed by atoms with van der Waals surface area (Å²) >= 11 is 0. The molecule has 1 saturated heterocycles. The zero-order chi connectivity index (χ0) is 15.4. The van der Waals surface area contributed by atoms with E-state index in [1.807, 2.05) is 0 Å². The lowest BCUT2D eigenvalue weighted by Gasteiger charge is -2.31. The average Bonchev–Trinajstić information content (AvgIpc) is 2.79. The summed E-state index contributed by atoms with van der Waals surface area (Å²) in [6, 6.07) is 15.3. The van der Waals surface area contributed by atoms with Crippen LogP contribution in [0, 0.1) is 13.8 Å². The highest BCUT2D eigenvalue weighted by Crippen LogP contribution is 2.30. The monoisotopic (exact) mass is 295 g/mol. The third kappa shape index (κ3) is 3.37. The van der Waals surface area contributed by atoms with Gasteiger partial charge in [0, 0.05) is 25.3 Å². The zero-order valence-corrected chi connectivity index (χ0v) is 13.5. The van der Waals surface area contributed by atoms with Crippen LogP contribution < -0.4 is 5.32 Å². The molecule has 1 fully saturated rings. The number of nitrogens with zero attached hydrogens (tertiary/aromatic N) is 2. The van der Waals surface area contributed by atoms with Gasteiger partial charge in [-0.3, -0.25) is 9.88 Å². The minimum atomic E-state index is 0.251. The standard InChI is InChI=1S/C19H25N3/c1-15-7-3-4-9-17(15)19(18-10-5-8-16(2)21-18)22-13-6-11-20-12-14-22/h3-5,7-10,19-20H,6,11-14H2,1-2H3. The zero-order valence-electron chi connectivity index (χ0n) is 13.5. The van der Waals surface area contributed by atoms with Gasteiger partial charge < -0.3 is 5.32 Å². The van der Waals surface area contributed by atoms with Gasteiger partial charge in [0.2, 0.25) is 0 Å². The van der Waals surface area contributed by atoms with Gasteiger partial charge in [-0.1, -0.05) is 30.3 Å². The van der Waals surface area contributed by atoms with Gasteiger partial charge >= 0.3 is 0 Å². The van der Waals surface area contributed by atoms with Crippen molar-refractivity contribution in [1.82, 2.24) is 15.2 Å². The van der Waals surface area contributed by atoms with Crippen LogP contribution in [0.3, 0.4) is 0 Å². The van der Waals surface area contributed by atoms with Crippen LogP contribution in [0.15, 0.2) is 42.5 Å². The van der Waals surface area contributed by atoms with Gasteiger partial charge in [0.1, 0.15) is 0 Å². The van der Waals surface area contributed by atoms with Crippen LogP contribution in [-0.2, 0) is 0 Å². The molecule has 3 heteroatoms. The lowest BCUT2D eigenvalue weighted by Crippen LogP contribution is -2.34. The molecule has 116 valence electrons. The Labute approximate surface area is 133 Å². The Hall–Kier alpha value is -1.71. The second-order valence-corrected chi connectivity index (χ2v) is 6.10. The maximum atomic E-state index is 4.83. The van der Waals surface area contributed by atoms with Crippen molar-refractivity contribution in [3.05, 3.63) is 65.0 Å². The number of hydrogen-bond donors (Lipinski definition) is 1. The Morgan fingerprint density at radius 3 is 2.68 bits per heavy atom. The Bertz CT molecular complexity index is 616. The van der Waals surface area contributed by atoms with E-state index in [0.29, 0.717) is 0 Å². The number of rotatable bonds is 3. The first-order chi connectivity index (χ1) is 10.8. The highest BCUT2D eigenvalue weighted by atomic mass is 15.2. The summed E-state index contributed by atoms with van der Waals surface area (Å²) in [6.45, 7) is 8.61. The second-order valence-electron chi connectivity index (χ2n) is 6.10. The molecule has 0 spiro atoms. The second kappa shape index (κ2) is 7.03. The molecule has 1 aromatic heterocycles. The third-order valence-corrected chi connectivity index (χ3v) is 4.41. The summed E-state index contributed by atoms with van der Waals surface area (Å²) in [5.41, 5.74) is 4.97. The molecule has 3 nitrogen and oxygen atoms in total. The molecule has 2 heterocycles. The van der Waals surface area contributed by atoms with E-state index in [9.17, 15) is 0 Å². The van der Waals surface area contributed by atoms with Crippen LogP contribution in [0.2, 0.25) is 0 Å². The van der Waals surface area contributed by atoms with Crippen molar-refractivity contribution < 1.29 is 0 Å². The van der Waals surface area contributed by atoms with Crippen LogP contribution in [0.5, 0.6) is 0 Å². The highest BCUT2D eigenvalue weighted by molar-refractivity contribution is 5.35. The topological polar surface area (TPSA) is 28.2 Å². The van der Waals surface area contributed by atoms with E-state index >= 15 is 0 Å². The molecule has 1 aliphatic rings. The molecule has 22 heavy (non-hydrogen) atoms. The Kier molecular flexibility index (Phi) is 4.86. The summed E-state index contributed by atoms with van der Waals surface area (Å²) in [7, 11) is 0. The minimum absolute atomic E-state index is 0.251. The quantitative estimate of drug-likeness (QED) is 0.943. The molecule has 1 N–H and O–H groups in total. The van der Waals surface area contributed by atoms with Crippen LogP contribution in [0.4, 0.5) is 0 Å². The average molecular weight is 295 g/mol. The number of hydrogen-bond acceptors (Lipinski definition) is 3. The summed E-state index contributed by atoms with van der Waals surface area (Å²) in [4.78, 5) is 7.41. The number of aromatic nitrogens is 1. The van der Waals surface area contributed by atoms with Crippen molar-refractivity contribution in [2.45, 2.75) is 26.3 Å². The number of nitrogens with one attached hydrogen (secondary N) is 1. The van der Waals surface area contributed by atoms with Crippen LogP contribution in [0.1, 0.15) is 35.0 Å². The molecule has 1 aromatic carbocycles. The van der Waals surface area contributed by atoms with Crippen molar-refractivity contribution in [3.8, 4) is 0 Å². The van der Waals surface area contributed by atoms with Crippen molar-refractivity contribution in [2.75, 3.05) is 26.2 Å². The normalized spacial score (nSPS) is 17.9. The first-order valence-electron chi connectivity index (χ1n) is 8.19. The number of pyridine rings is 1. The van der Waals surface area contributed by atoms with E-state index < -0.39 is 0 Å². The fourth-order valence-corrected chi connectivity index (χ4v) is 3.28. The fraction of sp³-hybridized carbons (Fsp3) is 0.421. The van der Waals surface area contributed by atoms with E-state index in [2.05, 4.69) is 66.5 Å². The van der Waals surface area contributed by atoms with Gasteiger partial charge in [0.15, 0.2) is 0 Å². The number of aryl methyl sites for hydroxylation is 2. The molecule has 1 atom stereocenters. The SMILES string of the molecule is Cc1cccc(C(c2ccccc2C)N2CCCNCC2)n1.